The number of fused-ring (bicyclic) bond motifs is 1. The number of ketones is 1. The minimum absolute atomic E-state index is 0.0739. The summed E-state index contributed by atoms with van der Waals surface area (Å²) in [6, 6.07) is 5.23. The van der Waals surface area contributed by atoms with Gasteiger partial charge in [0.15, 0.2) is 17.3 Å². The summed E-state index contributed by atoms with van der Waals surface area (Å²) in [4.78, 5) is 12.2. The number of rotatable bonds is 3. The summed E-state index contributed by atoms with van der Waals surface area (Å²) in [6.07, 6.45) is 5.21. The Kier molecular flexibility index (Phi) is 3.48. The van der Waals surface area contributed by atoms with Crippen LogP contribution in [-0.4, -0.2) is 28.8 Å². The molecule has 5 heteroatoms. The van der Waals surface area contributed by atoms with E-state index in [9.17, 15) is 4.79 Å². The van der Waals surface area contributed by atoms with Gasteiger partial charge in [-0.25, -0.2) is 0 Å². The number of benzene rings is 1. The number of aromatic nitrogens is 2. The Bertz CT molecular complexity index is 716. The van der Waals surface area contributed by atoms with Crippen LogP contribution in [0.25, 0.3) is 6.08 Å². The number of ether oxygens (including phenoxy) is 2. The van der Waals surface area contributed by atoms with E-state index in [1.807, 2.05) is 20.2 Å². The van der Waals surface area contributed by atoms with Gasteiger partial charge in [0.1, 0.15) is 13.2 Å². The Hall–Kier alpha value is -2.56. The van der Waals surface area contributed by atoms with Gasteiger partial charge >= 0.3 is 0 Å². The molecule has 0 saturated carbocycles. The fraction of sp³-hybridized carbons (Fsp3) is 0.250. The Balaban J connectivity index is 1.80. The van der Waals surface area contributed by atoms with Crippen LogP contribution in [0.4, 0.5) is 0 Å². The molecule has 0 radical (unpaired) electrons. The first-order chi connectivity index (χ1) is 10.1. The van der Waals surface area contributed by atoms with Gasteiger partial charge in [0.2, 0.25) is 0 Å². The van der Waals surface area contributed by atoms with Crippen LogP contribution in [0.3, 0.4) is 0 Å². The van der Waals surface area contributed by atoms with E-state index in [2.05, 4.69) is 5.10 Å². The second kappa shape index (κ2) is 5.44. The quantitative estimate of drug-likeness (QED) is 0.641. The summed E-state index contributed by atoms with van der Waals surface area (Å²) in [5, 5.41) is 4.24. The lowest BCUT2D eigenvalue weighted by atomic mass is 10.1. The van der Waals surface area contributed by atoms with Gasteiger partial charge in [0.05, 0.1) is 5.69 Å². The van der Waals surface area contributed by atoms with E-state index in [4.69, 9.17) is 9.47 Å². The zero-order valence-electron chi connectivity index (χ0n) is 12.0. The average molecular weight is 284 g/mol. The van der Waals surface area contributed by atoms with E-state index >= 15 is 0 Å². The van der Waals surface area contributed by atoms with E-state index in [0.29, 0.717) is 30.3 Å². The summed E-state index contributed by atoms with van der Waals surface area (Å²) in [5.41, 5.74) is 2.41. The molecule has 0 unspecified atom stereocenters. The van der Waals surface area contributed by atoms with E-state index in [1.165, 1.54) is 0 Å². The zero-order valence-corrected chi connectivity index (χ0v) is 12.0. The molecule has 108 valence electrons. The molecule has 0 amide bonds. The number of carbonyl (C=O) groups is 1. The summed E-state index contributed by atoms with van der Waals surface area (Å²) < 4.78 is 12.7. The lowest BCUT2D eigenvalue weighted by molar-refractivity contribution is 0.104. The maximum absolute atomic E-state index is 12.2. The minimum atomic E-state index is -0.0739. The molecule has 1 aliphatic rings. The molecule has 1 aliphatic heterocycles. The van der Waals surface area contributed by atoms with Crippen LogP contribution >= 0.6 is 0 Å². The highest BCUT2D eigenvalue weighted by Gasteiger charge is 2.13. The highest BCUT2D eigenvalue weighted by molar-refractivity contribution is 6.07. The second-order valence-corrected chi connectivity index (χ2v) is 4.90. The topological polar surface area (TPSA) is 53.4 Å². The van der Waals surface area contributed by atoms with Crippen molar-refractivity contribution in [3.05, 3.63) is 47.3 Å². The van der Waals surface area contributed by atoms with Crippen molar-refractivity contribution in [1.29, 1.82) is 0 Å². The summed E-state index contributed by atoms with van der Waals surface area (Å²) >= 11 is 0. The molecule has 0 saturated heterocycles. The Morgan fingerprint density at radius 2 is 2.05 bits per heavy atom. The number of aryl methyl sites for hydroxylation is 2. The fourth-order valence-corrected chi connectivity index (χ4v) is 2.24. The van der Waals surface area contributed by atoms with Gasteiger partial charge in [0.25, 0.3) is 0 Å². The average Bonchev–Trinajstić information content (AvgIpc) is 2.82. The molecule has 0 bridgehead atoms. The predicted octanol–water partition coefficient (Wildman–Crippen LogP) is 2.40. The lowest BCUT2D eigenvalue weighted by Gasteiger charge is -2.18. The first-order valence-corrected chi connectivity index (χ1v) is 6.76. The van der Waals surface area contributed by atoms with Crippen molar-refractivity contribution in [2.45, 2.75) is 6.92 Å². The number of carbonyl (C=O) groups excluding carboxylic acids is 1. The first-order valence-electron chi connectivity index (χ1n) is 6.76. The second-order valence-electron chi connectivity index (χ2n) is 4.90. The smallest absolute Gasteiger partial charge is 0.185 e. The van der Waals surface area contributed by atoms with Crippen LogP contribution in [-0.2, 0) is 7.05 Å². The molecular formula is C16H16N2O3. The standard InChI is InChI=1S/C16H16N2O3/c1-11-13(10-18(2)17-11)3-5-14(19)12-4-6-15-16(9-12)21-8-7-20-15/h3-6,9-10H,7-8H2,1-2H3/b5-3-. The molecule has 2 heterocycles. The van der Waals surface area contributed by atoms with E-state index in [-0.39, 0.29) is 5.78 Å². The monoisotopic (exact) mass is 284 g/mol. The van der Waals surface area contributed by atoms with Gasteiger partial charge in [-0.2, -0.15) is 5.10 Å². The fourth-order valence-electron chi connectivity index (χ4n) is 2.24. The van der Waals surface area contributed by atoms with Crippen LogP contribution in [0, 0.1) is 6.92 Å². The third kappa shape index (κ3) is 2.81. The molecule has 0 aliphatic carbocycles. The molecule has 0 fully saturated rings. The largest absolute Gasteiger partial charge is 0.486 e. The molecule has 0 spiro atoms. The van der Waals surface area contributed by atoms with Crippen molar-refractivity contribution < 1.29 is 14.3 Å². The van der Waals surface area contributed by atoms with Crippen molar-refractivity contribution in [3.63, 3.8) is 0 Å². The highest BCUT2D eigenvalue weighted by Crippen LogP contribution is 2.30. The van der Waals surface area contributed by atoms with Crippen LogP contribution in [0.1, 0.15) is 21.6 Å². The third-order valence-corrected chi connectivity index (χ3v) is 3.29. The summed E-state index contributed by atoms with van der Waals surface area (Å²) in [6.45, 7) is 2.96. The van der Waals surface area contributed by atoms with E-state index in [0.717, 1.165) is 11.3 Å². The van der Waals surface area contributed by atoms with E-state index < -0.39 is 0 Å². The molecule has 3 rings (SSSR count). The molecule has 0 N–H and O–H groups in total. The Labute approximate surface area is 122 Å². The Morgan fingerprint density at radius 3 is 2.76 bits per heavy atom. The van der Waals surface area contributed by atoms with Crippen LogP contribution in [0.5, 0.6) is 11.5 Å². The molecular weight excluding hydrogens is 268 g/mol. The molecule has 2 aromatic rings. The SMILES string of the molecule is Cc1nn(C)cc1/C=C\C(=O)c1ccc2c(c1)OCCO2. The molecule has 21 heavy (non-hydrogen) atoms. The Morgan fingerprint density at radius 1 is 1.29 bits per heavy atom. The van der Waals surface area contributed by atoms with Crippen molar-refractivity contribution in [2.75, 3.05) is 13.2 Å². The molecule has 5 nitrogen and oxygen atoms in total. The predicted molar refractivity (Wildman–Crippen MR) is 78.7 cm³/mol. The zero-order chi connectivity index (χ0) is 14.8. The molecule has 1 aromatic heterocycles. The van der Waals surface area contributed by atoms with Crippen LogP contribution in [0.15, 0.2) is 30.5 Å². The van der Waals surface area contributed by atoms with E-state index in [1.54, 1.807) is 35.0 Å². The maximum Gasteiger partial charge on any atom is 0.185 e. The lowest BCUT2D eigenvalue weighted by Crippen LogP contribution is -2.15. The van der Waals surface area contributed by atoms with Gasteiger partial charge < -0.3 is 9.47 Å². The summed E-state index contributed by atoms with van der Waals surface area (Å²) in [7, 11) is 1.85. The van der Waals surface area contributed by atoms with Gasteiger partial charge in [-0.3, -0.25) is 9.48 Å². The molecule has 0 atom stereocenters. The molecule has 1 aromatic carbocycles. The van der Waals surface area contributed by atoms with Gasteiger partial charge in [-0.15, -0.1) is 0 Å². The van der Waals surface area contributed by atoms with Crippen molar-refractivity contribution >= 4 is 11.9 Å². The first kappa shape index (κ1) is 13.4. The number of hydrogen-bond acceptors (Lipinski definition) is 4. The van der Waals surface area contributed by atoms with Gasteiger partial charge in [0, 0.05) is 24.4 Å². The van der Waals surface area contributed by atoms with Crippen molar-refractivity contribution in [1.82, 2.24) is 9.78 Å². The van der Waals surface area contributed by atoms with Crippen molar-refractivity contribution in [2.24, 2.45) is 7.05 Å². The number of nitrogens with zero attached hydrogens (tertiary/aromatic N) is 2. The highest BCUT2D eigenvalue weighted by atomic mass is 16.6. The van der Waals surface area contributed by atoms with Crippen LogP contribution in [0.2, 0.25) is 0 Å². The minimum Gasteiger partial charge on any atom is -0.486 e. The van der Waals surface area contributed by atoms with Gasteiger partial charge in [-0.1, -0.05) is 0 Å². The van der Waals surface area contributed by atoms with Crippen molar-refractivity contribution in [3.8, 4) is 11.5 Å². The number of allylic oxidation sites excluding steroid dienone is 1. The number of hydrogen-bond donors (Lipinski definition) is 0. The van der Waals surface area contributed by atoms with Gasteiger partial charge in [-0.05, 0) is 37.3 Å². The normalized spacial score (nSPS) is 13.6. The van der Waals surface area contributed by atoms with Crippen LogP contribution < -0.4 is 9.47 Å². The third-order valence-electron chi connectivity index (χ3n) is 3.29. The maximum atomic E-state index is 12.2. The summed E-state index contributed by atoms with van der Waals surface area (Å²) in [5.74, 6) is 1.23.